The molecule has 1 saturated heterocycles. The van der Waals surface area contributed by atoms with Gasteiger partial charge in [0.15, 0.2) is 17.5 Å². The summed E-state index contributed by atoms with van der Waals surface area (Å²) in [5, 5.41) is 2.79. The lowest BCUT2D eigenvalue weighted by molar-refractivity contribution is -0.122. The average molecular weight is 362 g/mol. The fourth-order valence-corrected chi connectivity index (χ4v) is 3.03. The van der Waals surface area contributed by atoms with Crippen LogP contribution < -0.4 is 10.2 Å². The van der Waals surface area contributed by atoms with E-state index in [9.17, 15) is 22.8 Å². The maximum atomic E-state index is 14.0. The molecular weight excluding hydrogens is 345 g/mol. The first-order valence-corrected chi connectivity index (χ1v) is 8.25. The van der Waals surface area contributed by atoms with Crippen molar-refractivity contribution >= 4 is 23.2 Å². The average Bonchev–Trinajstić information content (AvgIpc) is 3.02. The molecule has 0 radical (unpaired) electrons. The van der Waals surface area contributed by atoms with Gasteiger partial charge < -0.3 is 10.2 Å². The first kappa shape index (κ1) is 18.0. The summed E-state index contributed by atoms with van der Waals surface area (Å²) in [5.41, 5.74) is 1.25. The molecule has 1 unspecified atom stereocenters. The topological polar surface area (TPSA) is 49.4 Å². The molecule has 7 heteroatoms. The third-order valence-corrected chi connectivity index (χ3v) is 4.46. The molecule has 2 aromatic rings. The van der Waals surface area contributed by atoms with E-state index in [2.05, 4.69) is 5.32 Å². The minimum atomic E-state index is -1.64. The number of carbonyl (C=O) groups is 2. The summed E-state index contributed by atoms with van der Waals surface area (Å²) >= 11 is 0. The molecule has 0 aliphatic carbocycles. The molecule has 2 amide bonds. The summed E-state index contributed by atoms with van der Waals surface area (Å²) < 4.78 is 40.5. The van der Waals surface area contributed by atoms with Gasteiger partial charge in [-0.05, 0) is 30.2 Å². The molecule has 1 aliphatic heterocycles. The molecule has 2 aromatic carbocycles. The minimum absolute atomic E-state index is 0.0963. The first-order valence-electron chi connectivity index (χ1n) is 8.25. The van der Waals surface area contributed by atoms with E-state index in [0.29, 0.717) is 5.69 Å². The van der Waals surface area contributed by atoms with Gasteiger partial charge in [-0.3, -0.25) is 9.59 Å². The van der Waals surface area contributed by atoms with Crippen LogP contribution in [0.25, 0.3) is 0 Å². The molecule has 1 aliphatic rings. The van der Waals surface area contributed by atoms with Gasteiger partial charge in [0, 0.05) is 18.7 Å². The number of anilines is 2. The van der Waals surface area contributed by atoms with Crippen molar-refractivity contribution in [3.8, 4) is 0 Å². The lowest BCUT2D eigenvalue weighted by atomic mass is 10.1. The highest BCUT2D eigenvalue weighted by Crippen LogP contribution is 2.30. The lowest BCUT2D eigenvalue weighted by Crippen LogP contribution is -2.29. The number of nitrogens with zero attached hydrogens (tertiary/aromatic N) is 1. The van der Waals surface area contributed by atoms with Gasteiger partial charge in [0.1, 0.15) is 0 Å². The second-order valence-corrected chi connectivity index (χ2v) is 6.10. The van der Waals surface area contributed by atoms with Crippen molar-refractivity contribution in [2.75, 3.05) is 16.8 Å². The van der Waals surface area contributed by atoms with Crippen molar-refractivity contribution in [3.63, 3.8) is 0 Å². The van der Waals surface area contributed by atoms with E-state index in [0.717, 1.165) is 29.0 Å². The number of nitrogens with one attached hydrogen (secondary N) is 1. The number of amides is 2. The fourth-order valence-electron chi connectivity index (χ4n) is 3.03. The molecule has 1 N–H and O–H groups in total. The van der Waals surface area contributed by atoms with Gasteiger partial charge in [0.05, 0.1) is 11.6 Å². The number of benzene rings is 2. The van der Waals surface area contributed by atoms with Gasteiger partial charge in [0.2, 0.25) is 11.8 Å². The van der Waals surface area contributed by atoms with E-state index >= 15 is 0 Å². The van der Waals surface area contributed by atoms with E-state index in [1.54, 1.807) is 12.1 Å². The van der Waals surface area contributed by atoms with Crippen LogP contribution >= 0.6 is 0 Å². The quantitative estimate of drug-likeness (QED) is 0.844. The van der Waals surface area contributed by atoms with Crippen LogP contribution in [0.3, 0.4) is 0 Å². The standard InChI is InChI=1S/C19H17F3N2O2/c1-2-11-5-3-4-6-14(11)23-19(26)12-9-16(25)24(10-12)15-8-7-13(20)17(21)18(15)22/h3-8,12H,2,9-10H2,1H3,(H,23,26). The highest BCUT2D eigenvalue weighted by molar-refractivity contribution is 6.03. The molecule has 0 saturated carbocycles. The molecule has 1 heterocycles. The minimum Gasteiger partial charge on any atom is -0.326 e. The molecule has 26 heavy (non-hydrogen) atoms. The Bertz CT molecular complexity index is 870. The predicted octanol–water partition coefficient (Wildman–Crippen LogP) is 3.66. The summed E-state index contributed by atoms with van der Waals surface area (Å²) in [4.78, 5) is 25.7. The molecule has 1 atom stereocenters. The summed E-state index contributed by atoms with van der Waals surface area (Å²) in [7, 11) is 0. The Kier molecular flexibility index (Phi) is 4.97. The summed E-state index contributed by atoms with van der Waals surface area (Å²) in [5.74, 6) is -6.00. The number of hydrogen-bond acceptors (Lipinski definition) is 2. The second-order valence-electron chi connectivity index (χ2n) is 6.10. The second kappa shape index (κ2) is 7.19. The number of para-hydroxylation sites is 1. The van der Waals surface area contributed by atoms with Crippen molar-refractivity contribution in [3.05, 3.63) is 59.4 Å². The normalized spacial score (nSPS) is 16.8. The van der Waals surface area contributed by atoms with Crippen LogP contribution in [-0.2, 0) is 16.0 Å². The van der Waals surface area contributed by atoms with Crippen LogP contribution in [-0.4, -0.2) is 18.4 Å². The van der Waals surface area contributed by atoms with Crippen LogP contribution in [0.4, 0.5) is 24.5 Å². The highest BCUT2D eigenvalue weighted by atomic mass is 19.2. The lowest BCUT2D eigenvalue weighted by Gasteiger charge is -2.18. The van der Waals surface area contributed by atoms with Crippen LogP contribution in [0.2, 0.25) is 0 Å². The fraction of sp³-hybridized carbons (Fsp3) is 0.263. The largest absolute Gasteiger partial charge is 0.326 e. The zero-order valence-electron chi connectivity index (χ0n) is 14.1. The predicted molar refractivity (Wildman–Crippen MR) is 91.2 cm³/mol. The van der Waals surface area contributed by atoms with Gasteiger partial charge in [-0.25, -0.2) is 13.2 Å². The Morgan fingerprint density at radius 1 is 1.15 bits per heavy atom. The highest BCUT2D eigenvalue weighted by Gasteiger charge is 2.37. The molecular formula is C19H17F3N2O2. The summed E-state index contributed by atoms with van der Waals surface area (Å²) in [6.07, 6.45) is 0.602. The number of hydrogen-bond donors (Lipinski definition) is 1. The third kappa shape index (κ3) is 3.29. The zero-order chi connectivity index (χ0) is 18.8. The maximum absolute atomic E-state index is 14.0. The Morgan fingerprint density at radius 3 is 2.62 bits per heavy atom. The summed E-state index contributed by atoms with van der Waals surface area (Å²) in [6, 6.07) is 9.06. The van der Waals surface area contributed by atoms with Crippen LogP contribution in [0.15, 0.2) is 36.4 Å². The maximum Gasteiger partial charge on any atom is 0.229 e. The monoisotopic (exact) mass is 362 g/mol. The molecule has 4 nitrogen and oxygen atoms in total. The molecule has 0 bridgehead atoms. The Morgan fingerprint density at radius 2 is 1.88 bits per heavy atom. The summed E-state index contributed by atoms with van der Waals surface area (Å²) in [6.45, 7) is 1.86. The van der Waals surface area contributed by atoms with Gasteiger partial charge in [-0.15, -0.1) is 0 Å². The van der Waals surface area contributed by atoms with Crippen LogP contribution in [0.5, 0.6) is 0 Å². The van der Waals surface area contributed by atoms with E-state index in [1.807, 2.05) is 19.1 Å². The van der Waals surface area contributed by atoms with Crippen LogP contribution in [0.1, 0.15) is 18.9 Å². The smallest absolute Gasteiger partial charge is 0.229 e. The van der Waals surface area contributed by atoms with Crippen LogP contribution in [0, 0.1) is 23.4 Å². The first-order chi connectivity index (χ1) is 12.4. The van der Waals surface area contributed by atoms with Crippen molar-refractivity contribution < 1.29 is 22.8 Å². The number of rotatable bonds is 4. The Hall–Kier alpha value is -2.83. The van der Waals surface area contributed by atoms with Gasteiger partial charge >= 0.3 is 0 Å². The van der Waals surface area contributed by atoms with Crippen molar-refractivity contribution in [1.82, 2.24) is 0 Å². The van der Waals surface area contributed by atoms with E-state index < -0.39 is 29.3 Å². The third-order valence-electron chi connectivity index (χ3n) is 4.46. The van der Waals surface area contributed by atoms with Gasteiger partial charge in [-0.2, -0.15) is 0 Å². The zero-order valence-corrected chi connectivity index (χ0v) is 14.1. The number of halogens is 3. The molecule has 1 fully saturated rings. The van der Waals surface area contributed by atoms with Gasteiger partial charge in [0.25, 0.3) is 0 Å². The SMILES string of the molecule is CCc1ccccc1NC(=O)C1CC(=O)N(c2ccc(F)c(F)c2F)C1. The Balaban J connectivity index is 1.77. The number of carbonyl (C=O) groups excluding carboxylic acids is 2. The van der Waals surface area contributed by atoms with Crippen molar-refractivity contribution in [2.24, 2.45) is 5.92 Å². The molecule has 136 valence electrons. The van der Waals surface area contributed by atoms with E-state index in [1.165, 1.54) is 0 Å². The Labute approximate surface area is 148 Å². The van der Waals surface area contributed by atoms with E-state index in [-0.39, 0.29) is 24.6 Å². The molecule has 0 spiro atoms. The van der Waals surface area contributed by atoms with Gasteiger partial charge in [-0.1, -0.05) is 25.1 Å². The van der Waals surface area contributed by atoms with Crippen molar-refractivity contribution in [1.29, 1.82) is 0 Å². The number of aryl methyl sites for hydroxylation is 1. The van der Waals surface area contributed by atoms with E-state index in [4.69, 9.17) is 0 Å². The molecule has 0 aromatic heterocycles. The molecule has 3 rings (SSSR count). The van der Waals surface area contributed by atoms with Crippen molar-refractivity contribution in [2.45, 2.75) is 19.8 Å².